The maximum Gasteiger partial charge on any atom is 0.322 e. The molecule has 128 valence electrons. The maximum absolute atomic E-state index is 12.8. The number of carbonyl (C=O) groups is 1. The quantitative estimate of drug-likeness (QED) is 0.872. The Hall–Kier alpha value is -1.75. The van der Waals surface area contributed by atoms with Gasteiger partial charge in [-0.25, -0.2) is 4.79 Å². The molecule has 1 saturated carbocycles. The number of amides is 2. The number of para-hydroxylation sites is 1. The molecule has 1 fully saturated rings. The number of benzene rings is 1. The predicted octanol–water partition coefficient (Wildman–Crippen LogP) is 3.55. The second-order valence-corrected chi connectivity index (χ2v) is 6.19. The number of aliphatic hydroxyl groups excluding tert-OH is 1. The first-order valence-corrected chi connectivity index (χ1v) is 8.47. The van der Waals surface area contributed by atoms with Crippen molar-refractivity contribution in [3.63, 3.8) is 0 Å². The monoisotopic (exact) mass is 320 g/mol. The molecule has 5 nitrogen and oxygen atoms in total. The minimum atomic E-state index is -0.431. The number of nitrogens with one attached hydrogen (secondary N) is 1. The fourth-order valence-electron chi connectivity index (χ4n) is 3.26. The summed E-state index contributed by atoms with van der Waals surface area (Å²) in [5.41, 5.74) is 1.66. The van der Waals surface area contributed by atoms with Crippen molar-refractivity contribution in [3.8, 4) is 5.75 Å². The van der Waals surface area contributed by atoms with E-state index in [0.717, 1.165) is 37.7 Å². The van der Waals surface area contributed by atoms with Crippen LogP contribution in [-0.4, -0.2) is 41.8 Å². The van der Waals surface area contributed by atoms with Crippen LogP contribution in [0.3, 0.4) is 0 Å². The summed E-state index contributed by atoms with van der Waals surface area (Å²) in [5, 5.41) is 13.3. The van der Waals surface area contributed by atoms with Gasteiger partial charge in [0.2, 0.25) is 0 Å². The number of anilines is 1. The number of carbonyl (C=O) groups excluding carboxylic acids is 1. The number of methoxy groups -OCH3 is 1. The Bertz CT molecular complexity index is 533. The highest BCUT2D eigenvalue weighted by molar-refractivity contribution is 5.92. The van der Waals surface area contributed by atoms with E-state index < -0.39 is 6.10 Å². The highest BCUT2D eigenvalue weighted by atomic mass is 16.5. The molecule has 2 N–H and O–H groups in total. The molecule has 5 heteroatoms. The molecule has 1 aliphatic rings. The van der Waals surface area contributed by atoms with Gasteiger partial charge in [0, 0.05) is 6.54 Å². The third kappa shape index (κ3) is 4.16. The number of ether oxygens (including phenoxy) is 1. The van der Waals surface area contributed by atoms with Crippen LogP contribution in [0.15, 0.2) is 18.2 Å². The van der Waals surface area contributed by atoms with Gasteiger partial charge in [0.05, 0.1) is 24.9 Å². The van der Waals surface area contributed by atoms with E-state index >= 15 is 0 Å². The summed E-state index contributed by atoms with van der Waals surface area (Å²) in [5.74, 6) is 0.652. The van der Waals surface area contributed by atoms with Crippen LogP contribution < -0.4 is 10.1 Å². The summed E-state index contributed by atoms with van der Waals surface area (Å²) in [6, 6.07) is 5.42. The lowest BCUT2D eigenvalue weighted by Crippen LogP contribution is -2.50. The second-order valence-electron chi connectivity index (χ2n) is 6.19. The zero-order chi connectivity index (χ0) is 16.8. The Labute approximate surface area is 138 Å². The van der Waals surface area contributed by atoms with Gasteiger partial charge >= 0.3 is 6.03 Å². The highest BCUT2D eigenvalue weighted by Gasteiger charge is 2.31. The topological polar surface area (TPSA) is 61.8 Å². The lowest BCUT2D eigenvalue weighted by atomic mass is 9.91. The van der Waals surface area contributed by atoms with E-state index in [9.17, 15) is 9.90 Å². The van der Waals surface area contributed by atoms with Crippen LogP contribution in [0.1, 0.15) is 44.6 Å². The van der Waals surface area contributed by atoms with Crippen molar-refractivity contribution in [2.24, 2.45) is 0 Å². The molecule has 0 spiro atoms. The average molecular weight is 320 g/mol. The normalized spacial score (nSPS) is 20.9. The molecule has 0 aliphatic heterocycles. The van der Waals surface area contributed by atoms with Crippen molar-refractivity contribution in [1.82, 2.24) is 4.90 Å². The molecule has 2 atom stereocenters. The lowest BCUT2D eigenvalue weighted by Gasteiger charge is -2.37. The third-order valence-electron chi connectivity index (χ3n) is 4.51. The molecule has 1 aromatic carbocycles. The fourth-order valence-corrected chi connectivity index (χ4v) is 3.26. The zero-order valence-corrected chi connectivity index (χ0v) is 14.3. The molecule has 2 amide bonds. The van der Waals surface area contributed by atoms with Crippen molar-refractivity contribution >= 4 is 11.7 Å². The lowest BCUT2D eigenvalue weighted by molar-refractivity contribution is 0.0396. The van der Waals surface area contributed by atoms with Gasteiger partial charge in [0.1, 0.15) is 5.75 Å². The van der Waals surface area contributed by atoms with Gasteiger partial charge in [-0.2, -0.15) is 0 Å². The van der Waals surface area contributed by atoms with E-state index in [4.69, 9.17) is 4.74 Å². The predicted molar refractivity (Wildman–Crippen MR) is 92.0 cm³/mol. The van der Waals surface area contributed by atoms with Gasteiger partial charge in [0.25, 0.3) is 0 Å². The molecule has 0 bridgehead atoms. The van der Waals surface area contributed by atoms with Crippen LogP contribution in [0.5, 0.6) is 5.75 Å². The fraction of sp³-hybridized carbons (Fsp3) is 0.611. The Kier molecular flexibility index (Phi) is 6.28. The van der Waals surface area contributed by atoms with Gasteiger partial charge in [-0.05, 0) is 37.8 Å². The first kappa shape index (κ1) is 17.6. The van der Waals surface area contributed by atoms with E-state index in [1.807, 2.05) is 32.0 Å². The summed E-state index contributed by atoms with van der Waals surface area (Å²) in [6.45, 7) is 4.63. The van der Waals surface area contributed by atoms with Crippen molar-refractivity contribution in [1.29, 1.82) is 0 Å². The van der Waals surface area contributed by atoms with E-state index in [1.165, 1.54) is 0 Å². The SMILES string of the molecule is CCCN(C(=O)Nc1c(C)cccc1OC)[C@@H]1CCCC[C@H]1O. The number of nitrogens with zero attached hydrogens (tertiary/aromatic N) is 1. The largest absolute Gasteiger partial charge is 0.495 e. The molecule has 23 heavy (non-hydrogen) atoms. The standard InChI is InChI=1S/C18H28N2O3/c1-4-12-20(14-9-5-6-10-15(14)21)18(22)19-17-13(2)8-7-11-16(17)23-3/h7-8,11,14-15,21H,4-6,9-10,12H2,1-3H3,(H,19,22)/t14-,15-/m1/s1. The number of hydrogen-bond acceptors (Lipinski definition) is 3. The molecule has 0 saturated heterocycles. The average Bonchev–Trinajstić information content (AvgIpc) is 2.55. The van der Waals surface area contributed by atoms with Crippen LogP contribution in [0.4, 0.5) is 10.5 Å². The van der Waals surface area contributed by atoms with E-state index in [-0.39, 0.29) is 12.1 Å². The third-order valence-corrected chi connectivity index (χ3v) is 4.51. The molecule has 2 rings (SSSR count). The van der Waals surface area contributed by atoms with Gasteiger partial charge in [0.15, 0.2) is 0 Å². The Morgan fingerprint density at radius 3 is 2.78 bits per heavy atom. The van der Waals surface area contributed by atoms with E-state index in [1.54, 1.807) is 12.0 Å². The number of rotatable bonds is 5. The van der Waals surface area contributed by atoms with Crippen molar-refractivity contribution in [2.45, 2.75) is 58.1 Å². The molecule has 1 aliphatic carbocycles. The number of urea groups is 1. The first-order valence-electron chi connectivity index (χ1n) is 8.47. The molecular formula is C18H28N2O3. The maximum atomic E-state index is 12.8. The van der Waals surface area contributed by atoms with Crippen LogP contribution in [0, 0.1) is 6.92 Å². The molecule has 1 aromatic rings. The summed E-state index contributed by atoms with van der Waals surface area (Å²) < 4.78 is 5.35. The Balaban J connectivity index is 2.18. The molecular weight excluding hydrogens is 292 g/mol. The van der Waals surface area contributed by atoms with Crippen molar-refractivity contribution < 1.29 is 14.6 Å². The van der Waals surface area contributed by atoms with Gasteiger partial charge in [-0.3, -0.25) is 0 Å². The number of aliphatic hydroxyl groups is 1. The van der Waals surface area contributed by atoms with Gasteiger partial charge in [-0.1, -0.05) is 31.9 Å². The summed E-state index contributed by atoms with van der Waals surface area (Å²) in [6.07, 6.45) is 4.15. The Morgan fingerprint density at radius 1 is 1.39 bits per heavy atom. The van der Waals surface area contributed by atoms with E-state index in [0.29, 0.717) is 18.0 Å². The molecule has 0 heterocycles. The van der Waals surface area contributed by atoms with Gasteiger partial charge in [-0.15, -0.1) is 0 Å². The minimum absolute atomic E-state index is 0.0984. The van der Waals surface area contributed by atoms with Crippen molar-refractivity contribution in [2.75, 3.05) is 19.0 Å². The molecule has 0 radical (unpaired) electrons. The van der Waals surface area contributed by atoms with Crippen LogP contribution in [0.25, 0.3) is 0 Å². The van der Waals surface area contributed by atoms with Crippen LogP contribution in [-0.2, 0) is 0 Å². The molecule has 0 unspecified atom stereocenters. The van der Waals surface area contributed by atoms with Crippen molar-refractivity contribution in [3.05, 3.63) is 23.8 Å². The van der Waals surface area contributed by atoms with E-state index in [2.05, 4.69) is 5.32 Å². The number of aryl methyl sites for hydroxylation is 1. The first-order chi connectivity index (χ1) is 11.1. The minimum Gasteiger partial charge on any atom is -0.495 e. The smallest absolute Gasteiger partial charge is 0.322 e. The summed E-state index contributed by atoms with van der Waals surface area (Å²) >= 11 is 0. The van der Waals surface area contributed by atoms with Crippen LogP contribution in [0.2, 0.25) is 0 Å². The second kappa shape index (κ2) is 8.20. The van der Waals surface area contributed by atoms with Crippen LogP contribution >= 0.6 is 0 Å². The summed E-state index contributed by atoms with van der Waals surface area (Å²) in [7, 11) is 1.60. The Morgan fingerprint density at radius 2 is 2.13 bits per heavy atom. The zero-order valence-electron chi connectivity index (χ0n) is 14.3. The molecule has 0 aromatic heterocycles. The summed E-state index contributed by atoms with van der Waals surface area (Å²) in [4.78, 5) is 14.6. The number of hydrogen-bond donors (Lipinski definition) is 2. The van der Waals surface area contributed by atoms with Gasteiger partial charge < -0.3 is 20.1 Å². The highest BCUT2D eigenvalue weighted by Crippen LogP contribution is 2.29.